The molecule has 9 rings (SSSR count). The number of aromatic nitrogens is 2. The van der Waals surface area contributed by atoms with Crippen molar-refractivity contribution in [2.24, 2.45) is 0 Å². The number of anilines is 3. The zero-order valence-electron chi connectivity index (χ0n) is 26.0. The van der Waals surface area contributed by atoms with E-state index in [0.29, 0.717) is 5.56 Å². The van der Waals surface area contributed by atoms with Gasteiger partial charge < -0.3 is 4.57 Å². The van der Waals surface area contributed by atoms with E-state index >= 15 is 0 Å². The molecule has 0 fully saturated rings. The van der Waals surface area contributed by atoms with Gasteiger partial charge in [-0.15, -0.1) is 0 Å². The first-order valence-electron chi connectivity index (χ1n) is 16.0. The first kappa shape index (κ1) is 27.6. The second-order valence-corrected chi connectivity index (χ2v) is 12.1. The van der Waals surface area contributed by atoms with Gasteiger partial charge in [-0.3, -0.25) is 4.90 Å². The molecule has 48 heavy (non-hydrogen) atoms. The maximum atomic E-state index is 9.31. The van der Waals surface area contributed by atoms with Gasteiger partial charge in [-0.2, -0.15) is 5.26 Å². The Bertz CT molecular complexity index is 2660. The van der Waals surface area contributed by atoms with E-state index < -0.39 is 0 Å². The van der Waals surface area contributed by atoms with Crippen molar-refractivity contribution in [3.05, 3.63) is 175 Å². The predicted octanol–water partition coefficient (Wildman–Crippen LogP) is 11.4. The number of para-hydroxylation sites is 1. The van der Waals surface area contributed by atoms with Crippen LogP contribution in [0.2, 0.25) is 0 Å². The molecule has 0 bridgehead atoms. The summed E-state index contributed by atoms with van der Waals surface area (Å²) in [7, 11) is 0. The highest BCUT2D eigenvalue weighted by atomic mass is 15.2. The highest BCUT2D eigenvalue weighted by molar-refractivity contribution is 6.24. The molecule has 0 atom stereocenters. The third kappa shape index (κ3) is 4.65. The summed E-state index contributed by atoms with van der Waals surface area (Å²) in [6, 6.07) is 55.1. The molecule has 0 aliphatic heterocycles. The summed E-state index contributed by atoms with van der Waals surface area (Å²) in [4.78, 5) is 6.75. The zero-order valence-corrected chi connectivity index (χ0v) is 26.0. The predicted molar refractivity (Wildman–Crippen MR) is 200 cm³/mol. The van der Waals surface area contributed by atoms with Crippen LogP contribution in [0.1, 0.15) is 16.7 Å². The lowest BCUT2D eigenvalue weighted by Crippen LogP contribution is -2.11. The quantitative estimate of drug-likeness (QED) is 0.139. The summed E-state index contributed by atoms with van der Waals surface area (Å²) in [5, 5.41) is 16.7. The van der Waals surface area contributed by atoms with Gasteiger partial charge in [0.1, 0.15) is 5.82 Å². The Labute approximate surface area is 278 Å². The van der Waals surface area contributed by atoms with Crippen molar-refractivity contribution in [1.29, 1.82) is 5.26 Å². The Hall–Kier alpha value is -6.70. The highest BCUT2D eigenvalue weighted by Gasteiger charge is 2.17. The monoisotopic (exact) mass is 612 g/mol. The minimum absolute atomic E-state index is 0.627. The van der Waals surface area contributed by atoms with Crippen LogP contribution < -0.4 is 4.90 Å². The summed E-state index contributed by atoms with van der Waals surface area (Å²) >= 11 is 0. The fraction of sp³-hybridized carbons (Fsp3) is 0. The molecule has 224 valence electrons. The zero-order chi connectivity index (χ0) is 32.0. The minimum Gasteiger partial charge on any atom is -0.309 e. The molecule has 0 aliphatic carbocycles. The molecule has 0 aliphatic rings. The van der Waals surface area contributed by atoms with E-state index in [9.17, 15) is 5.26 Å². The van der Waals surface area contributed by atoms with Crippen molar-refractivity contribution in [2.75, 3.05) is 4.90 Å². The van der Waals surface area contributed by atoms with Crippen LogP contribution in [-0.2, 0) is 0 Å². The van der Waals surface area contributed by atoms with Crippen LogP contribution >= 0.6 is 0 Å². The Balaban J connectivity index is 1.09. The lowest BCUT2D eigenvalue weighted by molar-refractivity contribution is 1.18. The smallest absolute Gasteiger partial charge is 0.137 e. The van der Waals surface area contributed by atoms with Gasteiger partial charge in [-0.1, -0.05) is 78.9 Å². The van der Waals surface area contributed by atoms with Crippen LogP contribution in [0.3, 0.4) is 0 Å². The van der Waals surface area contributed by atoms with Gasteiger partial charge in [-0.25, -0.2) is 4.98 Å². The number of hydrogen-bond donors (Lipinski definition) is 0. The van der Waals surface area contributed by atoms with Crippen LogP contribution in [0.4, 0.5) is 17.2 Å². The van der Waals surface area contributed by atoms with E-state index in [2.05, 4.69) is 142 Å². The van der Waals surface area contributed by atoms with E-state index in [-0.39, 0.29) is 0 Å². The van der Waals surface area contributed by atoms with Crippen LogP contribution in [0.25, 0.3) is 61.2 Å². The van der Waals surface area contributed by atoms with Gasteiger partial charge >= 0.3 is 0 Å². The molecule has 0 N–H and O–H groups in total. The SMILES string of the molecule is N#Cc1ccc(N(c2ccc3cc(C=Cc4cc5ccc6cccc7c6c5c(c4)n7-c4ccccc4)ccc3c2)c2ccccn2)cc1. The van der Waals surface area contributed by atoms with Crippen LogP contribution in [-0.4, -0.2) is 9.55 Å². The van der Waals surface area contributed by atoms with Crippen molar-refractivity contribution in [3.8, 4) is 11.8 Å². The average Bonchev–Trinajstić information content (AvgIpc) is 3.49. The highest BCUT2D eigenvalue weighted by Crippen LogP contribution is 2.40. The fourth-order valence-corrected chi connectivity index (χ4v) is 6.94. The lowest BCUT2D eigenvalue weighted by atomic mass is 9.99. The van der Waals surface area contributed by atoms with Crippen molar-refractivity contribution in [3.63, 3.8) is 0 Å². The summed E-state index contributed by atoms with van der Waals surface area (Å²) in [5.41, 5.74) is 8.49. The van der Waals surface area contributed by atoms with Gasteiger partial charge in [0.05, 0.1) is 22.7 Å². The van der Waals surface area contributed by atoms with Crippen LogP contribution in [0.15, 0.2) is 158 Å². The third-order valence-electron chi connectivity index (χ3n) is 9.14. The molecular formula is C44H28N4. The number of fused-ring (bicyclic) bond motifs is 1. The normalized spacial score (nSPS) is 11.6. The third-order valence-corrected chi connectivity index (χ3v) is 9.14. The Kier molecular flexibility index (Phi) is 6.48. The second-order valence-electron chi connectivity index (χ2n) is 12.1. The molecule has 7 aromatic carbocycles. The van der Waals surface area contributed by atoms with E-state index in [0.717, 1.165) is 39.1 Å². The summed E-state index contributed by atoms with van der Waals surface area (Å²) < 4.78 is 2.39. The Morgan fingerprint density at radius 3 is 2.08 bits per heavy atom. The lowest BCUT2D eigenvalue weighted by Gasteiger charge is -2.24. The molecule has 0 spiro atoms. The van der Waals surface area contributed by atoms with Gasteiger partial charge in [0, 0.05) is 34.0 Å². The van der Waals surface area contributed by atoms with Crippen LogP contribution in [0.5, 0.6) is 0 Å². The standard InChI is InChI=1S/C44H28N4/c45-29-31-15-21-38(22-16-31)47(42-11-4-5-24-46-42)39-23-20-34-25-30(14-17-35(34)28-39)12-13-32-26-36-19-18-33-7-6-10-40-43(33)44(36)41(27-32)48(40)37-8-2-1-3-9-37/h1-28H. The average molecular weight is 613 g/mol. The maximum absolute atomic E-state index is 9.31. The molecule has 4 nitrogen and oxygen atoms in total. The van der Waals surface area contributed by atoms with Crippen molar-refractivity contribution in [1.82, 2.24) is 9.55 Å². The summed E-state index contributed by atoms with van der Waals surface area (Å²) in [5.74, 6) is 0.814. The molecule has 0 saturated carbocycles. The topological polar surface area (TPSA) is 44.9 Å². The van der Waals surface area contributed by atoms with E-state index in [1.807, 2.05) is 42.5 Å². The van der Waals surface area contributed by atoms with E-state index in [1.54, 1.807) is 6.20 Å². The first-order valence-corrected chi connectivity index (χ1v) is 16.0. The van der Waals surface area contributed by atoms with Gasteiger partial charge in [0.2, 0.25) is 0 Å². The number of benzene rings is 7. The molecule has 0 radical (unpaired) electrons. The molecule has 0 unspecified atom stereocenters. The number of pyridine rings is 1. The second kappa shape index (κ2) is 11.3. The number of nitrogens with zero attached hydrogens (tertiary/aromatic N) is 4. The molecule has 4 heteroatoms. The van der Waals surface area contributed by atoms with Crippen LogP contribution in [0, 0.1) is 11.3 Å². The van der Waals surface area contributed by atoms with Crippen molar-refractivity contribution >= 4 is 72.7 Å². The Morgan fingerprint density at radius 1 is 0.542 bits per heavy atom. The largest absolute Gasteiger partial charge is 0.309 e. The molecule has 0 amide bonds. The Morgan fingerprint density at radius 2 is 1.25 bits per heavy atom. The van der Waals surface area contributed by atoms with Gasteiger partial charge in [0.25, 0.3) is 0 Å². The molecule has 2 heterocycles. The molecular weight excluding hydrogens is 585 g/mol. The first-order chi connectivity index (χ1) is 23.7. The van der Waals surface area contributed by atoms with Gasteiger partial charge in [-0.05, 0) is 118 Å². The molecule has 2 aromatic heterocycles. The number of hydrogen-bond acceptors (Lipinski definition) is 3. The van der Waals surface area contributed by atoms with Gasteiger partial charge in [0.15, 0.2) is 0 Å². The molecule has 0 saturated heterocycles. The van der Waals surface area contributed by atoms with E-state index in [1.165, 1.54) is 38.3 Å². The fourth-order valence-electron chi connectivity index (χ4n) is 6.94. The maximum Gasteiger partial charge on any atom is 0.137 e. The van der Waals surface area contributed by atoms with Crippen molar-refractivity contribution < 1.29 is 0 Å². The van der Waals surface area contributed by atoms with Crippen molar-refractivity contribution in [2.45, 2.75) is 0 Å². The van der Waals surface area contributed by atoms with E-state index in [4.69, 9.17) is 0 Å². The number of rotatable bonds is 6. The minimum atomic E-state index is 0.627. The number of nitriles is 1. The summed E-state index contributed by atoms with van der Waals surface area (Å²) in [6.07, 6.45) is 6.22. The molecule has 9 aromatic rings. The summed E-state index contributed by atoms with van der Waals surface area (Å²) in [6.45, 7) is 0.